The maximum Gasteiger partial charge on any atom is 0.339 e. The molecular formula is C43H44N2O9. The van der Waals surface area contributed by atoms with Gasteiger partial charge < -0.3 is 39.4 Å². The molecule has 1 aliphatic heterocycles. The fraction of sp³-hybridized carbons (Fsp3) is 0.279. The lowest BCUT2D eigenvalue weighted by molar-refractivity contribution is -0.157. The van der Waals surface area contributed by atoms with Gasteiger partial charge in [0.2, 0.25) is 17.6 Å². The molecular weight excluding hydrogens is 688 g/mol. The first-order valence-corrected chi connectivity index (χ1v) is 17.9. The number of hydrogen-bond donors (Lipinski definition) is 3. The molecule has 6 rings (SSSR count). The van der Waals surface area contributed by atoms with E-state index in [4.69, 9.17) is 24.1 Å². The SMILES string of the molecule is CN(C(=O)C1=CC2OC(c3ccccc3)(c3ccccc3)OC2C(OC(=O)c2ccccc2C=COCCO)C1)C(Cc1ccccc1)C(=O)NCCO. The van der Waals surface area contributed by atoms with E-state index in [1.165, 1.54) is 11.2 Å². The van der Waals surface area contributed by atoms with Crippen molar-refractivity contribution >= 4 is 23.9 Å². The number of nitrogens with zero attached hydrogens (tertiary/aromatic N) is 1. The second-order valence-corrected chi connectivity index (χ2v) is 13.0. The number of fused-ring (bicyclic) bond motifs is 1. The number of carbonyl (C=O) groups excluding carboxylic acids is 3. The predicted molar refractivity (Wildman–Crippen MR) is 201 cm³/mol. The van der Waals surface area contributed by atoms with Gasteiger partial charge in [-0.1, -0.05) is 109 Å². The number of amides is 2. The Morgan fingerprint density at radius 3 is 2.15 bits per heavy atom. The molecule has 4 aromatic carbocycles. The zero-order valence-electron chi connectivity index (χ0n) is 30.0. The molecule has 0 radical (unpaired) electrons. The largest absolute Gasteiger partial charge is 0.499 e. The highest BCUT2D eigenvalue weighted by molar-refractivity contribution is 5.98. The Balaban J connectivity index is 1.36. The molecule has 0 aromatic heterocycles. The molecule has 4 aromatic rings. The van der Waals surface area contributed by atoms with Crippen molar-refractivity contribution in [3.63, 3.8) is 0 Å². The van der Waals surface area contributed by atoms with Gasteiger partial charge in [0.25, 0.3) is 0 Å². The Morgan fingerprint density at radius 2 is 1.50 bits per heavy atom. The fourth-order valence-electron chi connectivity index (χ4n) is 6.76. The fourth-order valence-corrected chi connectivity index (χ4v) is 6.76. The van der Waals surface area contributed by atoms with Crippen LogP contribution >= 0.6 is 0 Å². The first-order valence-electron chi connectivity index (χ1n) is 17.9. The van der Waals surface area contributed by atoms with Crippen LogP contribution in [0.25, 0.3) is 6.08 Å². The Kier molecular flexibility index (Phi) is 12.7. The van der Waals surface area contributed by atoms with Crippen LogP contribution < -0.4 is 5.32 Å². The smallest absolute Gasteiger partial charge is 0.339 e. The number of esters is 1. The standard InChI is InChI=1S/C43H44N2O9/c1-45(36(40(48)44-22-23-46)27-30-13-5-2-6-14-30)41(49)32-28-37(52-42(50)35-20-12-11-15-31(35)21-25-51-26-24-47)39-38(29-32)53-43(54-39,33-16-7-3-8-17-33)34-18-9-4-10-19-34/h2-21,25,29,36-39,46-47H,22-24,26-28H2,1H3,(H,44,48). The van der Waals surface area contributed by atoms with Gasteiger partial charge in [0.05, 0.1) is 25.0 Å². The van der Waals surface area contributed by atoms with Gasteiger partial charge in [-0.2, -0.15) is 0 Å². The Hall–Kier alpha value is -5.59. The van der Waals surface area contributed by atoms with E-state index >= 15 is 0 Å². The van der Waals surface area contributed by atoms with Gasteiger partial charge in [-0.15, -0.1) is 0 Å². The van der Waals surface area contributed by atoms with Crippen molar-refractivity contribution in [2.24, 2.45) is 0 Å². The third-order valence-corrected chi connectivity index (χ3v) is 9.43. The van der Waals surface area contributed by atoms with Crippen molar-refractivity contribution in [3.8, 4) is 0 Å². The van der Waals surface area contributed by atoms with Crippen LogP contribution in [0.4, 0.5) is 0 Å². The topological polar surface area (TPSA) is 144 Å². The van der Waals surface area contributed by atoms with Crippen molar-refractivity contribution in [3.05, 3.63) is 161 Å². The van der Waals surface area contributed by atoms with Crippen LogP contribution in [-0.2, 0) is 40.7 Å². The molecule has 0 spiro atoms. The minimum atomic E-state index is -1.39. The molecule has 2 aliphatic rings. The zero-order valence-corrected chi connectivity index (χ0v) is 30.0. The van der Waals surface area contributed by atoms with E-state index in [1.807, 2.05) is 91.0 Å². The van der Waals surface area contributed by atoms with Crippen LogP contribution in [0.5, 0.6) is 0 Å². The number of likely N-dealkylation sites (N-methyl/N-ethyl adjacent to an activating group) is 1. The van der Waals surface area contributed by atoms with Crippen LogP contribution in [0.1, 0.15) is 39.0 Å². The number of nitrogens with one attached hydrogen (secondary N) is 1. The summed E-state index contributed by atoms with van der Waals surface area (Å²) in [6.45, 7) is -0.271. The van der Waals surface area contributed by atoms with Crippen LogP contribution in [-0.4, -0.2) is 90.7 Å². The highest BCUT2D eigenvalue weighted by atomic mass is 16.8. The van der Waals surface area contributed by atoms with Crippen molar-refractivity contribution in [1.29, 1.82) is 0 Å². The zero-order chi connectivity index (χ0) is 37.9. The predicted octanol–water partition coefficient (Wildman–Crippen LogP) is 4.39. The third kappa shape index (κ3) is 8.61. The van der Waals surface area contributed by atoms with E-state index in [0.29, 0.717) is 5.56 Å². The van der Waals surface area contributed by atoms with E-state index in [1.54, 1.807) is 43.5 Å². The molecule has 2 amide bonds. The number of benzene rings is 4. The number of aliphatic hydroxyl groups is 2. The number of rotatable bonds is 15. The second-order valence-electron chi connectivity index (χ2n) is 13.0. The summed E-state index contributed by atoms with van der Waals surface area (Å²) in [7, 11) is 1.56. The van der Waals surface area contributed by atoms with Gasteiger partial charge in [-0.05, 0) is 29.3 Å². The molecule has 0 bridgehead atoms. The van der Waals surface area contributed by atoms with E-state index in [-0.39, 0.29) is 50.3 Å². The minimum absolute atomic E-state index is 0.0208. The van der Waals surface area contributed by atoms with E-state index in [2.05, 4.69) is 5.32 Å². The number of ether oxygens (including phenoxy) is 4. The van der Waals surface area contributed by atoms with Gasteiger partial charge in [0, 0.05) is 43.1 Å². The molecule has 4 atom stereocenters. The molecule has 280 valence electrons. The molecule has 1 saturated heterocycles. The summed E-state index contributed by atoms with van der Waals surface area (Å²) in [4.78, 5) is 43.3. The molecule has 54 heavy (non-hydrogen) atoms. The van der Waals surface area contributed by atoms with Crippen LogP contribution in [0.2, 0.25) is 0 Å². The summed E-state index contributed by atoms with van der Waals surface area (Å²) in [5.41, 5.74) is 3.37. The Morgan fingerprint density at radius 1 is 0.870 bits per heavy atom. The Labute approximate surface area is 314 Å². The maximum atomic E-state index is 14.5. The number of hydrogen-bond acceptors (Lipinski definition) is 9. The summed E-state index contributed by atoms with van der Waals surface area (Å²) in [5.74, 6) is -2.90. The van der Waals surface area contributed by atoms with E-state index in [9.17, 15) is 19.5 Å². The molecule has 1 fully saturated rings. The molecule has 11 nitrogen and oxygen atoms in total. The van der Waals surface area contributed by atoms with Crippen LogP contribution in [0.15, 0.2) is 133 Å². The van der Waals surface area contributed by atoms with Crippen LogP contribution in [0.3, 0.4) is 0 Å². The molecule has 1 heterocycles. The number of carbonyl (C=O) groups is 3. The van der Waals surface area contributed by atoms with Gasteiger partial charge >= 0.3 is 5.97 Å². The number of aliphatic hydroxyl groups excluding tert-OH is 2. The van der Waals surface area contributed by atoms with E-state index < -0.39 is 47.9 Å². The highest BCUT2D eigenvalue weighted by Gasteiger charge is 2.55. The lowest BCUT2D eigenvalue weighted by Crippen LogP contribution is -2.51. The lowest BCUT2D eigenvalue weighted by Gasteiger charge is -2.33. The minimum Gasteiger partial charge on any atom is -0.499 e. The molecule has 3 N–H and O–H groups in total. The van der Waals surface area contributed by atoms with Crippen molar-refractivity contribution in [1.82, 2.24) is 10.2 Å². The quantitative estimate of drug-likeness (QED) is 0.0922. The summed E-state index contributed by atoms with van der Waals surface area (Å²) in [6.07, 6.45) is 2.30. The van der Waals surface area contributed by atoms with E-state index in [0.717, 1.165) is 16.7 Å². The monoisotopic (exact) mass is 732 g/mol. The molecule has 1 aliphatic carbocycles. The van der Waals surface area contributed by atoms with Crippen molar-refractivity contribution < 1.29 is 43.5 Å². The molecule has 11 heteroatoms. The first kappa shape index (κ1) is 38.1. The normalized spacial score (nSPS) is 19.3. The van der Waals surface area contributed by atoms with Crippen molar-refractivity contribution in [2.75, 3.05) is 33.4 Å². The molecule has 0 saturated carbocycles. The third-order valence-electron chi connectivity index (χ3n) is 9.43. The van der Waals surface area contributed by atoms with Crippen molar-refractivity contribution in [2.45, 2.75) is 43.0 Å². The average Bonchev–Trinajstić information content (AvgIpc) is 3.62. The van der Waals surface area contributed by atoms with Crippen LogP contribution in [0, 0.1) is 0 Å². The van der Waals surface area contributed by atoms with Gasteiger partial charge in [-0.25, -0.2) is 4.79 Å². The van der Waals surface area contributed by atoms with Gasteiger partial charge in [0.1, 0.15) is 31.0 Å². The Bertz CT molecular complexity index is 1890. The summed E-state index contributed by atoms with van der Waals surface area (Å²) < 4.78 is 25.3. The van der Waals surface area contributed by atoms with Gasteiger partial charge in [-0.3, -0.25) is 9.59 Å². The lowest BCUT2D eigenvalue weighted by atomic mass is 9.90. The summed E-state index contributed by atoms with van der Waals surface area (Å²) in [5, 5.41) is 21.2. The summed E-state index contributed by atoms with van der Waals surface area (Å²) in [6, 6.07) is 34.2. The molecule has 4 unspecified atom stereocenters. The summed E-state index contributed by atoms with van der Waals surface area (Å²) >= 11 is 0. The first-order chi connectivity index (χ1) is 26.3. The highest BCUT2D eigenvalue weighted by Crippen LogP contribution is 2.47. The second kappa shape index (κ2) is 18.0. The van der Waals surface area contributed by atoms with Gasteiger partial charge in [0.15, 0.2) is 0 Å². The maximum absolute atomic E-state index is 14.5. The average molecular weight is 733 g/mol.